The lowest BCUT2D eigenvalue weighted by molar-refractivity contribution is -0.129. The summed E-state index contributed by atoms with van der Waals surface area (Å²) < 4.78 is 32.1. The number of hydrogen-bond acceptors (Lipinski definition) is 7. The zero-order valence-corrected chi connectivity index (χ0v) is 33.1. The molecule has 4 aromatic rings. The number of likely N-dealkylation sites (N-methyl/N-ethyl adjacent to an activating group) is 1. The van der Waals surface area contributed by atoms with Gasteiger partial charge < -0.3 is 28.7 Å². The van der Waals surface area contributed by atoms with Crippen LogP contribution in [0.25, 0.3) is 32.9 Å². The molecule has 286 valence electrons. The van der Waals surface area contributed by atoms with Crippen molar-refractivity contribution in [1.29, 1.82) is 5.26 Å². The Hall–Kier alpha value is -4.11. The van der Waals surface area contributed by atoms with Gasteiger partial charge in [-0.05, 0) is 96.7 Å². The first kappa shape index (κ1) is 38.2. The number of benzene rings is 2. The van der Waals surface area contributed by atoms with Gasteiger partial charge in [0.2, 0.25) is 11.8 Å². The minimum absolute atomic E-state index is 0.0206. The van der Waals surface area contributed by atoms with Gasteiger partial charge in [0.15, 0.2) is 5.82 Å². The fourth-order valence-electron chi connectivity index (χ4n) is 8.52. The number of fused-ring (bicyclic) bond motifs is 3. The van der Waals surface area contributed by atoms with E-state index in [1.54, 1.807) is 30.0 Å². The Morgan fingerprint density at radius 1 is 1.07 bits per heavy atom. The number of hydrogen-bond donors (Lipinski definition) is 0. The number of halogens is 3. The summed E-state index contributed by atoms with van der Waals surface area (Å²) in [5, 5.41) is 11.4. The Balaban J connectivity index is 1.51. The van der Waals surface area contributed by atoms with Crippen molar-refractivity contribution >= 4 is 57.0 Å². The molecule has 3 saturated heterocycles. The van der Waals surface area contributed by atoms with Crippen LogP contribution in [0.4, 0.5) is 9.18 Å². The number of likely N-dealkylation sites (tertiary alicyclic amines) is 3. The Morgan fingerprint density at radius 2 is 1.85 bits per heavy atom. The lowest BCUT2D eigenvalue weighted by Gasteiger charge is -2.28. The van der Waals surface area contributed by atoms with Crippen molar-refractivity contribution in [1.82, 2.24) is 24.3 Å². The van der Waals surface area contributed by atoms with Gasteiger partial charge in [0.05, 0.1) is 39.1 Å². The lowest BCUT2D eigenvalue weighted by atomic mass is 9.93. The summed E-state index contributed by atoms with van der Waals surface area (Å²) in [4.78, 5) is 37.2. The molecule has 3 atom stereocenters. The fourth-order valence-corrected chi connectivity index (χ4v) is 8.92. The number of nitrogens with zero attached hydrogens (tertiary/aromatic N) is 6. The van der Waals surface area contributed by atoms with E-state index in [0.717, 1.165) is 43.4 Å². The largest absolute Gasteiger partial charge is 0.476 e. The van der Waals surface area contributed by atoms with E-state index < -0.39 is 17.5 Å². The van der Waals surface area contributed by atoms with E-state index in [-0.39, 0.29) is 58.0 Å². The van der Waals surface area contributed by atoms with Crippen LogP contribution in [0.5, 0.6) is 5.88 Å². The van der Waals surface area contributed by atoms with E-state index in [1.165, 1.54) is 0 Å². The summed E-state index contributed by atoms with van der Waals surface area (Å²) in [6.07, 6.45) is 4.28. The van der Waals surface area contributed by atoms with Crippen LogP contribution in [-0.2, 0) is 16.0 Å². The van der Waals surface area contributed by atoms with Gasteiger partial charge in [-0.25, -0.2) is 14.2 Å². The van der Waals surface area contributed by atoms with Crippen LogP contribution in [-0.4, -0.2) is 87.7 Å². The van der Waals surface area contributed by atoms with Gasteiger partial charge in [-0.3, -0.25) is 4.79 Å². The van der Waals surface area contributed by atoms with Gasteiger partial charge in [0.25, 0.3) is 0 Å². The fraction of sp³-hybridized carbons (Fsp3) is 0.512. The normalized spacial score (nSPS) is 20.7. The predicted octanol–water partition coefficient (Wildman–Crippen LogP) is 9.10. The number of amides is 2. The molecule has 3 fully saturated rings. The molecule has 54 heavy (non-hydrogen) atoms. The maximum absolute atomic E-state index is 17.5. The third-order valence-electron chi connectivity index (χ3n) is 11.1. The molecule has 0 spiro atoms. The number of carbonyl (C=O) groups is 2. The quantitative estimate of drug-likeness (QED) is 0.176. The summed E-state index contributed by atoms with van der Waals surface area (Å²) in [7, 11) is 2.08. The van der Waals surface area contributed by atoms with E-state index in [2.05, 4.69) is 28.7 Å². The maximum atomic E-state index is 17.5. The molecule has 10 nitrogen and oxygen atoms in total. The minimum Gasteiger partial charge on any atom is -0.476 e. The Kier molecular flexibility index (Phi) is 10.7. The molecule has 0 saturated carbocycles. The second-order valence-corrected chi connectivity index (χ2v) is 16.6. The maximum Gasteiger partial charge on any atom is 0.410 e. The second-order valence-electron chi connectivity index (χ2n) is 15.8. The number of rotatable bonds is 8. The number of nitriles is 1. The van der Waals surface area contributed by atoms with Crippen molar-refractivity contribution in [2.45, 2.75) is 96.4 Å². The predicted molar refractivity (Wildman–Crippen MR) is 209 cm³/mol. The smallest absolute Gasteiger partial charge is 0.410 e. The molecular formula is C41H47Cl2FN6O4. The molecule has 2 amide bonds. The van der Waals surface area contributed by atoms with Crippen molar-refractivity contribution in [3.05, 3.63) is 57.5 Å². The summed E-state index contributed by atoms with van der Waals surface area (Å²) in [6.45, 7) is 9.94. The molecule has 3 aliphatic rings. The van der Waals surface area contributed by atoms with Gasteiger partial charge in [-0.15, -0.1) is 0 Å². The van der Waals surface area contributed by atoms with Crippen LogP contribution in [0, 0.1) is 17.1 Å². The van der Waals surface area contributed by atoms with Crippen LogP contribution in [0.3, 0.4) is 0 Å². The number of pyridine rings is 1. The van der Waals surface area contributed by atoms with Crippen LogP contribution < -0.4 is 4.74 Å². The topological polar surface area (TPSA) is 104 Å². The summed E-state index contributed by atoms with van der Waals surface area (Å²) in [5.41, 5.74) is 2.31. The monoisotopic (exact) mass is 776 g/mol. The molecule has 0 radical (unpaired) electrons. The molecule has 2 aromatic carbocycles. The van der Waals surface area contributed by atoms with Gasteiger partial charge >= 0.3 is 6.09 Å². The molecule has 7 rings (SSSR count). The third-order valence-corrected chi connectivity index (χ3v) is 11.9. The highest BCUT2D eigenvalue weighted by Crippen LogP contribution is 2.46. The van der Waals surface area contributed by atoms with Crippen molar-refractivity contribution in [2.24, 2.45) is 0 Å². The standard InChI is InChI=1S/C41H47Cl2FN6O4/c1-24(51)49-18-9-14-32(49)33-21-30-38(50(33)26-15-19-48(22-26)40(52)54-41(2,3)4)29-20-25(10-7-16-45)34(28-12-6-13-31(42)35(28)43)36(44)37(29)46-39(30)53-23-27-11-8-17-47(27)5/h6,12-13,20-21,26-27,32H,7-11,14-15,17-19,22-23H2,1-5H3. The van der Waals surface area contributed by atoms with E-state index in [1.807, 2.05) is 31.7 Å². The van der Waals surface area contributed by atoms with Crippen LogP contribution in [0.15, 0.2) is 30.3 Å². The van der Waals surface area contributed by atoms with Crippen molar-refractivity contribution in [3.8, 4) is 23.1 Å². The minimum atomic E-state index is -0.658. The van der Waals surface area contributed by atoms with E-state index in [0.29, 0.717) is 60.4 Å². The molecule has 0 N–H and O–H groups in total. The highest BCUT2D eigenvalue weighted by molar-refractivity contribution is 6.43. The SMILES string of the molecule is CC(=O)N1CCCC1c1cc2c(OCC3CCCN3C)nc3c(F)c(-c4cccc(Cl)c4Cl)c(CCC#N)cc3c2n1C1CCN(C(=O)OC(C)(C)C)C1. The molecule has 5 heterocycles. The Morgan fingerprint density at radius 3 is 2.56 bits per heavy atom. The summed E-state index contributed by atoms with van der Waals surface area (Å²) >= 11 is 13.2. The zero-order chi connectivity index (χ0) is 38.5. The first-order chi connectivity index (χ1) is 25.8. The van der Waals surface area contributed by atoms with Crippen molar-refractivity contribution < 1.29 is 23.5 Å². The molecule has 0 aliphatic carbocycles. The molecule has 13 heteroatoms. The van der Waals surface area contributed by atoms with Gasteiger partial charge in [-0.1, -0.05) is 35.3 Å². The second kappa shape index (κ2) is 15.2. The average Bonchev–Trinajstić information content (AvgIpc) is 3.93. The molecule has 3 aliphatic heterocycles. The average molecular weight is 778 g/mol. The third kappa shape index (κ3) is 7.20. The number of aryl methyl sites for hydroxylation is 1. The molecule has 3 unspecified atom stereocenters. The highest BCUT2D eigenvalue weighted by Gasteiger charge is 2.38. The Bertz CT molecular complexity index is 2160. The van der Waals surface area contributed by atoms with Gasteiger partial charge in [0, 0.05) is 61.2 Å². The molecular weight excluding hydrogens is 730 g/mol. The van der Waals surface area contributed by atoms with Crippen molar-refractivity contribution in [3.63, 3.8) is 0 Å². The lowest BCUT2D eigenvalue weighted by Crippen LogP contribution is -2.35. The summed E-state index contributed by atoms with van der Waals surface area (Å²) in [6, 6.07) is 11.0. The number of carbonyl (C=O) groups excluding carboxylic acids is 2. The molecule has 0 bridgehead atoms. The van der Waals surface area contributed by atoms with Gasteiger partial charge in [-0.2, -0.15) is 5.26 Å². The van der Waals surface area contributed by atoms with E-state index in [9.17, 15) is 14.9 Å². The number of ether oxygens (including phenoxy) is 2. The Labute approximate surface area is 325 Å². The first-order valence-corrected chi connectivity index (χ1v) is 19.6. The van der Waals surface area contributed by atoms with E-state index >= 15 is 4.39 Å². The van der Waals surface area contributed by atoms with Crippen LogP contribution in [0.1, 0.15) is 89.6 Å². The van der Waals surface area contributed by atoms with Crippen molar-refractivity contribution in [2.75, 3.05) is 39.8 Å². The zero-order valence-electron chi connectivity index (χ0n) is 31.6. The summed E-state index contributed by atoms with van der Waals surface area (Å²) in [5.74, 6) is -0.302. The molecule has 2 aromatic heterocycles. The first-order valence-electron chi connectivity index (χ1n) is 18.9. The van der Waals surface area contributed by atoms with E-state index in [4.69, 9.17) is 37.7 Å². The number of aromatic nitrogens is 2. The van der Waals surface area contributed by atoms with Crippen LogP contribution >= 0.6 is 23.2 Å². The van der Waals surface area contributed by atoms with Crippen LogP contribution in [0.2, 0.25) is 10.0 Å². The highest BCUT2D eigenvalue weighted by atomic mass is 35.5. The van der Waals surface area contributed by atoms with Gasteiger partial charge in [0.1, 0.15) is 17.7 Å².